The molecule has 0 radical (unpaired) electrons. The van der Waals surface area contributed by atoms with Gasteiger partial charge < -0.3 is 19.5 Å². The number of hydrogen-bond donors (Lipinski definition) is 2. The van der Waals surface area contributed by atoms with E-state index >= 15 is 0 Å². The summed E-state index contributed by atoms with van der Waals surface area (Å²) >= 11 is 0. The molecule has 0 aliphatic carbocycles. The monoisotopic (exact) mass is 446 g/mol. The summed E-state index contributed by atoms with van der Waals surface area (Å²) < 4.78 is 19.1. The highest BCUT2D eigenvalue weighted by Gasteiger charge is 2.27. The Labute approximate surface area is 192 Å². The van der Waals surface area contributed by atoms with Crippen LogP contribution in [0.25, 0.3) is 17.5 Å². The summed E-state index contributed by atoms with van der Waals surface area (Å²) in [4.78, 5) is 16.7. The van der Waals surface area contributed by atoms with Crippen LogP contribution in [0.2, 0.25) is 0 Å². The number of ether oxygens (including phenoxy) is 1. The van der Waals surface area contributed by atoms with Crippen molar-refractivity contribution >= 4 is 17.7 Å². The van der Waals surface area contributed by atoms with E-state index in [-0.39, 0.29) is 11.9 Å². The SMILES string of the molecule is N=C(C=Cc1ncc(-c2cccc(N3CCOCC3)n2)[nH]1)N1CCCC1c1cccc(F)c1. The molecule has 2 aromatic heterocycles. The van der Waals surface area contributed by atoms with Gasteiger partial charge in [-0.1, -0.05) is 18.2 Å². The number of amidine groups is 1. The van der Waals surface area contributed by atoms with E-state index in [1.807, 2.05) is 29.2 Å². The Bertz CT molecular complexity index is 1150. The number of benzene rings is 1. The van der Waals surface area contributed by atoms with Gasteiger partial charge in [0.25, 0.3) is 0 Å². The highest BCUT2D eigenvalue weighted by atomic mass is 19.1. The molecular weight excluding hydrogens is 419 g/mol. The van der Waals surface area contributed by atoms with Crippen LogP contribution in [-0.2, 0) is 4.74 Å². The van der Waals surface area contributed by atoms with E-state index in [9.17, 15) is 4.39 Å². The van der Waals surface area contributed by atoms with Gasteiger partial charge >= 0.3 is 0 Å². The minimum Gasteiger partial charge on any atom is -0.378 e. The van der Waals surface area contributed by atoms with Crippen LogP contribution in [0.3, 0.4) is 0 Å². The van der Waals surface area contributed by atoms with Gasteiger partial charge in [-0.25, -0.2) is 14.4 Å². The zero-order valence-corrected chi connectivity index (χ0v) is 18.4. The summed E-state index contributed by atoms with van der Waals surface area (Å²) in [7, 11) is 0. The Morgan fingerprint density at radius 3 is 2.85 bits per heavy atom. The van der Waals surface area contributed by atoms with Gasteiger partial charge in [-0.2, -0.15) is 0 Å². The van der Waals surface area contributed by atoms with Crippen molar-refractivity contribution in [1.29, 1.82) is 5.41 Å². The van der Waals surface area contributed by atoms with Crippen LogP contribution < -0.4 is 4.90 Å². The van der Waals surface area contributed by atoms with Gasteiger partial charge in [0, 0.05) is 19.6 Å². The summed E-state index contributed by atoms with van der Waals surface area (Å²) in [5.41, 5.74) is 2.57. The summed E-state index contributed by atoms with van der Waals surface area (Å²) in [6.07, 6.45) is 7.21. The molecule has 2 fully saturated rings. The molecule has 8 heteroatoms. The van der Waals surface area contributed by atoms with Gasteiger partial charge in [0.15, 0.2) is 0 Å². The number of imidazole rings is 1. The molecule has 0 amide bonds. The van der Waals surface area contributed by atoms with Crippen molar-refractivity contribution in [3.05, 3.63) is 71.9 Å². The van der Waals surface area contributed by atoms with E-state index in [4.69, 9.17) is 15.1 Å². The lowest BCUT2D eigenvalue weighted by Gasteiger charge is -2.27. The zero-order valence-electron chi connectivity index (χ0n) is 18.4. The number of likely N-dealkylation sites (tertiary alicyclic amines) is 1. The van der Waals surface area contributed by atoms with E-state index in [1.54, 1.807) is 30.5 Å². The molecule has 1 atom stereocenters. The smallest absolute Gasteiger partial charge is 0.130 e. The van der Waals surface area contributed by atoms with E-state index in [0.717, 1.165) is 55.2 Å². The van der Waals surface area contributed by atoms with E-state index in [1.165, 1.54) is 6.07 Å². The Morgan fingerprint density at radius 2 is 2.00 bits per heavy atom. The normalized spacial score (nSPS) is 18.9. The standard InChI is InChI=1S/C25H27FN6O/c26-19-5-1-4-18(16-19)22-7-3-11-32(22)23(27)9-10-24-28-17-21(29-24)20-6-2-8-25(30-20)31-12-14-33-15-13-31/h1-2,4-6,8-10,16-17,22,27H,3,7,11-15H2,(H,28,29). The molecule has 170 valence electrons. The number of rotatable bonds is 5. The Balaban J connectivity index is 1.28. The molecule has 2 aliphatic rings. The minimum absolute atomic E-state index is 0.0251. The van der Waals surface area contributed by atoms with Gasteiger partial charge in [-0.15, -0.1) is 0 Å². The van der Waals surface area contributed by atoms with Crippen molar-refractivity contribution < 1.29 is 9.13 Å². The lowest BCUT2D eigenvalue weighted by atomic mass is 10.0. The Kier molecular flexibility index (Phi) is 6.17. The first-order valence-electron chi connectivity index (χ1n) is 11.3. The molecule has 5 rings (SSSR count). The topological polar surface area (TPSA) is 81.1 Å². The first-order chi connectivity index (χ1) is 16.2. The average molecular weight is 447 g/mol. The van der Waals surface area contributed by atoms with Crippen molar-refractivity contribution in [3.63, 3.8) is 0 Å². The van der Waals surface area contributed by atoms with E-state index in [0.29, 0.717) is 24.9 Å². The highest BCUT2D eigenvalue weighted by Crippen LogP contribution is 2.32. The summed E-state index contributed by atoms with van der Waals surface area (Å²) in [6, 6.07) is 12.7. The number of aromatic amines is 1. The number of morpholine rings is 1. The number of nitrogens with zero attached hydrogens (tertiary/aromatic N) is 4. The minimum atomic E-state index is -0.240. The predicted molar refractivity (Wildman–Crippen MR) is 127 cm³/mol. The van der Waals surface area contributed by atoms with Gasteiger partial charge in [0.05, 0.1) is 36.8 Å². The average Bonchev–Trinajstić information content (AvgIpc) is 3.53. The second-order valence-corrected chi connectivity index (χ2v) is 8.29. The number of nitrogens with one attached hydrogen (secondary N) is 2. The highest BCUT2D eigenvalue weighted by molar-refractivity contribution is 5.94. The number of pyridine rings is 1. The van der Waals surface area contributed by atoms with Crippen LogP contribution >= 0.6 is 0 Å². The molecular formula is C25H27FN6O. The van der Waals surface area contributed by atoms with E-state index < -0.39 is 0 Å². The Hall–Kier alpha value is -3.52. The molecule has 0 bridgehead atoms. The number of aromatic nitrogens is 3. The molecule has 2 N–H and O–H groups in total. The molecule has 1 unspecified atom stereocenters. The first-order valence-corrected chi connectivity index (χ1v) is 11.3. The van der Waals surface area contributed by atoms with Gasteiger partial charge in [0.2, 0.25) is 0 Å². The van der Waals surface area contributed by atoms with Crippen LogP contribution in [-0.4, -0.2) is 58.5 Å². The van der Waals surface area contributed by atoms with Crippen molar-refractivity contribution in [2.45, 2.75) is 18.9 Å². The number of H-pyrrole nitrogens is 1. The molecule has 3 aromatic rings. The van der Waals surface area contributed by atoms with Crippen molar-refractivity contribution in [1.82, 2.24) is 19.9 Å². The molecule has 0 spiro atoms. The first kappa shape index (κ1) is 21.3. The molecule has 4 heterocycles. The third kappa shape index (κ3) is 4.80. The molecule has 7 nitrogen and oxygen atoms in total. The maximum atomic E-state index is 13.7. The van der Waals surface area contributed by atoms with Gasteiger partial charge in [0.1, 0.15) is 23.3 Å². The summed E-state index contributed by atoms with van der Waals surface area (Å²) in [5, 5.41) is 8.56. The number of hydrogen-bond acceptors (Lipinski definition) is 5. The van der Waals surface area contributed by atoms with Gasteiger partial charge in [-0.05, 0) is 54.8 Å². The maximum absolute atomic E-state index is 13.7. The molecule has 2 aliphatic heterocycles. The molecule has 0 saturated carbocycles. The number of halogens is 1. The summed E-state index contributed by atoms with van der Waals surface area (Å²) in [6.45, 7) is 3.89. The lowest BCUT2D eigenvalue weighted by Crippen LogP contribution is -2.36. The van der Waals surface area contributed by atoms with Crippen LogP contribution in [0.1, 0.15) is 30.3 Å². The fourth-order valence-electron chi connectivity index (χ4n) is 4.46. The number of anilines is 1. The van der Waals surface area contributed by atoms with Crippen LogP contribution in [0.5, 0.6) is 0 Å². The fourth-order valence-corrected chi connectivity index (χ4v) is 4.46. The summed E-state index contributed by atoms with van der Waals surface area (Å²) in [5.74, 6) is 1.75. The molecule has 2 saturated heterocycles. The third-order valence-electron chi connectivity index (χ3n) is 6.14. The fraction of sp³-hybridized carbons (Fsp3) is 0.320. The van der Waals surface area contributed by atoms with E-state index in [2.05, 4.69) is 14.9 Å². The quantitative estimate of drug-likeness (QED) is 0.452. The molecule has 1 aromatic carbocycles. The van der Waals surface area contributed by atoms with Crippen molar-refractivity contribution in [3.8, 4) is 11.4 Å². The van der Waals surface area contributed by atoms with Crippen LogP contribution in [0, 0.1) is 11.2 Å². The largest absolute Gasteiger partial charge is 0.378 e. The molecule has 33 heavy (non-hydrogen) atoms. The Morgan fingerprint density at radius 1 is 1.15 bits per heavy atom. The van der Waals surface area contributed by atoms with Crippen molar-refractivity contribution in [2.75, 3.05) is 37.7 Å². The third-order valence-corrected chi connectivity index (χ3v) is 6.14. The lowest BCUT2D eigenvalue weighted by molar-refractivity contribution is 0.122. The van der Waals surface area contributed by atoms with Crippen LogP contribution in [0.4, 0.5) is 10.2 Å². The maximum Gasteiger partial charge on any atom is 0.130 e. The predicted octanol–water partition coefficient (Wildman–Crippen LogP) is 4.27. The van der Waals surface area contributed by atoms with Crippen molar-refractivity contribution in [2.24, 2.45) is 0 Å². The second kappa shape index (κ2) is 9.54. The zero-order chi connectivity index (χ0) is 22.6. The second-order valence-electron chi connectivity index (χ2n) is 8.29. The van der Waals surface area contributed by atoms with Gasteiger partial charge in [-0.3, -0.25) is 5.41 Å². The van der Waals surface area contributed by atoms with Crippen LogP contribution in [0.15, 0.2) is 54.7 Å².